The Morgan fingerprint density at radius 1 is 0.792 bits per heavy atom. The van der Waals surface area contributed by atoms with Crippen LogP contribution in [0.3, 0.4) is 0 Å². The number of rotatable bonds is 12. The first-order valence-electron chi connectivity index (χ1n) is 18.1. The second-order valence-corrected chi connectivity index (χ2v) is 13.4. The van der Waals surface area contributed by atoms with Crippen LogP contribution in [0.25, 0.3) is 0 Å². The lowest BCUT2D eigenvalue weighted by atomic mass is 9.89. The predicted octanol–water partition coefficient (Wildman–Crippen LogP) is 6.04. The summed E-state index contributed by atoms with van der Waals surface area (Å²) < 4.78 is 15.2. The molecule has 53 heavy (non-hydrogen) atoms. The molecule has 2 aromatic heterocycles. The highest BCUT2D eigenvalue weighted by molar-refractivity contribution is 5.90. The van der Waals surface area contributed by atoms with Gasteiger partial charge in [0.1, 0.15) is 31.5 Å². The van der Waals surface area contributed by atoms with Crippen molar-refractivity contribution in [3.63, 3.8) is 0 Å². The van der Waals surface area contributed by atoms with Crippen LogP contribution >= 0.6 is 0 Å². The smallest absolute Gasteiger partial charge is 0.412 e. The van der Waals surface area contributed by atoms with Gasteiger partial charge in [0, 0.05) is 50.2 Å². The van der Waals surface area contributed by atoms with E-state index in [1.165, 1.54) is 7.11 Å². The SMILES string of the molecule is CCOC(=O)Nc1cc(C/C(=N/OC)C2CCN(C(=O)OC(C)(C)C)CC2)ccn1.CCOC(=O)Nc1cc(C/C(=N/OC)C2CCNCC2)ccn1. The third kappa shape index (κ3) is 15.6. The van der Waals surface area contributed by atoms with Crippen LogP contribution in [0.5, 0.6) is 0 Å². The van der Waals surface area contributed by atoms with Crippen molar-refractivity contribution in [3.05, 3.63) is 47.8 Å². The normalized spacial score (nSPS) is 15.7. The molecule has 292 valence electrons. The fourth-order valence-electron chi connectivity index (χ4n) is 5.88. The standard InChI is InChI=1S/C21H32N4O5.C16H24N4O3/c1-6-29-19(26)23-18-14-15(7-10-22-18)13-17(24-28-5)16-8-11-25(12-9-16)20(27)30-21(2,3)4;1-3-23-16(21)19-15-11-12(4-9-18-15)10-14(20-22-2)13-5-7-17-8-6-13/h7,10,14,16H,6,8-9,11-13H2,1-5H3,(H,22,23,26);4,9,11,13,17H,3,5-8,10H2,1-2H3,(H,18,19,21)/b24-17-;20-14-. The van der Waals surface area contributed by atoms with Crippen LogP contribution in [0.2, 0.25) is 0 Å². The summed E-state index contributed by atoms with van der Waals surface area (Å²) in [4.78, 5) is 55.5. The van der Waals surface area contributed by atoms with Crippen molar-refractivity contribution < 1.29 is 38.3 Å². The van der Waals surface area contributed by atoms with Crippen molar-refractivity contribution in [1.82, 2.24) is 20.2 Å². The lowest BCUT2D eigenvalue weighted by Gasteiger charge is -2.33. The molecule has 4 rings (SSSR count). The molecule has 2 saturated heterocycles. The first-order valence-corrected chi connectivity index (χ1v) is 18.1. The monoisotopic (exact) mass is 740 g/mol. The number of aromatic nitrogens is 2. The number of hydrogen-bond acceptors (Lipinski definition) is 13. The lowest BCUT2D eigenvalue weighted by Crippen LogP contribution is -2.43. The van der Waals surface area contributed by atoms with Crippen molar-refractivity contribution in [2.75, 3.05) is 64.2 Å². The van der Waals surface area contributed by atoms with Crippen molar-refractivity contribution in [1.29, 1.82) is 0 Å². The fraction of sp³-hybridized carbons (Fsp3) is 0.595. The zero-order valence-corrected chi connectivity index (χ0v) is 32.1. The molecule has 16 nitrogen and oxygen atoms in total. The molecule has 0 saturated carbocycles. The van der Waals surface area contributed by atoms with Gasteiger partial charge in [0.25, 0.3) is 0 Å². The molecule has 0 bridgehead atoms. The second-order valence-electron chi connectivity index (χ2n) is 13.4. The molecule has 0 aliphatic carbocycles. The average Bonchev–Trinajstić information content (AvgIpc) is 3.12. The Morgan fingerprint density at radius 3 is 1.66 bits per heavy atom. The number of amides is 3. The molecule has 4 heterocycles. The summed E-state index contributed by atoms with van der Waals surface area (Å²) in [5, 5.41) is 17.0. The van der Waals surface area contributed by atoms with Crippen molar-refractivity contribution in [2.45, 2.75) is 78.7 Å². The molecule has 0 aromatic carbocycles. The molecule has 2 aliphatic rings. The highest BCUT2D eigenvalue weighted by Gasteiger charge is 2.29. The maximum Gasteiger partial charge on any atom is 0.412 e. The van der Waals surface area contributed by atoms with Gasteiger partial charge in [-0.05, 0) is 109 Å². The summed E-state index contributed by atoms with van der Waals surface area (Å²) in [5.74, 6) is 1.51. The van der Waals surface area contributed by atoms with E-state index in [1.54, 1.807) is 44.3 Å². The highest BCUT2D eigenvalue weighted by atomic mass is 16.6. The summed E-state index contributed by atoms with van der Waals surface area (Å²) in [6, 6.07) is 7.42. The molecule has 2 aromatic rings. The van der Waals surface area contributed by atoms with E-state index < -0.39 is 17.8 Å². The largest absolute Gasteiger partial charge is 0.450 e. The van der Waals surface area contributed by atoms with Gasteiger partial charge >= 0.3 is 18.3 Å². The van der Waals surface area contributed by atoms with Gasteiger partial charge in [0.2, 0.25) is 0 Å². The summed E-state index contributed by atoms with van der Waals surface area (Å²) in [6.07, 6.45) is 6.89. The first-order chi connectivity index (χ1) is 25.4. The number of carbonyl (C=O) groups is 3. The van der Waals surface area contributed by atoms with E-state index >= 15 is 0 Å². The maximum atomic E-state index is 12.3. The Kier molecular flexibility index (Phi) is 17.7. The van der Waals surface area contributed by atoms with Gasteiger partial charge in [-0.1, -0.05) is 10.3 Å². The Bertz CT molecular complexity index is 1520. The Morgan fingerprint density at radius 2 is 1.25 bits per heavy atom. The van der Waals surface area contributed by atoms with E-state index in [1.807, 2.05) is 39.0 Å². The van der Waals surface area contributed by atoms with Gasteiger partial charge in [0.15, 0.2) is 0 Å². The summed E-state index contributed by atoms with van der Waals surface area (Å²) >= 11 is 0. The lowest BCUT2D eigenvalue weighted by molar-refractivity contribution is 0.0200. The summed E-state index contributed by atoms with van der Waals surface area (Å²) in [7, 11) is 3.09. The third-order valence-corrected chi connectivity index (χ3v) is 8.28. The number of nitrogens with one attached hydrogen (secondary N) is 3. The number of likely N-dealkylation sites (tertiary alicyclic amines) is 1. The van der Waals surface area contributed by atoms with Gasteiger partial charge < -0.3 is 34.1 Å². The highest BCUT2D eigenvalue weighted by Crippen LogP contribution is 2.24. The molecule has 3 N–H and O–H groups in total. The number of oxime groups is 2. The Balaban J connectivity index is 0.000000295. The number of nitrogens with zero attached hydrogens (tertiary/aromatic N) is 5. The molecule has 2 aliphatic heterocycles. The Hall–Kier alpha value is -4.99. The first kappa shape index (κ1) is 42.4. The molecular formula is C37H56N8O8. The van der Waals surface area contributed by atoms with E-state index in [0.29, 0.717) is 50.1 Å². The van der Waals surface area contributed by atoms with Gasteiger partial charge in [-0.25, -0.2) is 24.4 Å². The number of ether oxygens (including phenoxy) is 3. The van der Waals surface area contributed by atoms with Crippen molar-refractivity contribution in [2.24, 2.45) is 22.1 Å². The molecule has 0 unspecified atom stereocenters. The number of piperidine rings is 2. The molecule has 16 heteroatoms. The third-order valence-electron chi connectivity index (χ3n) is 8.28. The van der Waals surface area contributed by atoms with E-state index in [9.17, 15) is 14.4 Å². The van der Waals surface area contributed by atoms with Crippen LogP contribution in [0.4, 0.5) is 26.0 Å². The van der Waals surface area contributed by atoms with Gasteiger partial charge in [-0.15, -0.1) is 0 Å². The van der Waals surface area contributed by atoms with E-state index in [0.717, 1.165) is 61.3 Å². The van der Waals surface area contributed by atoms with Crippen LogP contribution in [0, 0.1) is 11.8 Å². The molecular weight excluding hydrogens is 684 g/mol. The van der Waals surface area contributed by atoms with Crippen LogP contribution in [-0.4, -0.2) is 104 Å². The molecule has 0 atom stereocenters. The molecule has 2 fully saturated rings. The van der Waals surface area contributed by atoms with Crippen LogP contribution in [0.15, 0.2) is 47.0 Å². The zero-order valence-electron chi connectivity index (χ0n) is 32.1. The number of anilines is 2. The molecule has 3 amide bonds. The quantitative estimate of drug-likeness (QED) is 0.131. The predicted molar refractivity (Wildman–Crippen MR) is 202 cm³/mol. The van der Waals surface area contributed by atoms with Crippen molar-refractivity contribution in [3.8, 4) is 0 Å². The maximum absolute atomic E-state index is 12.3. The number of hydrogen-bond donors (Lipinski definition) is 3. The van der Waals surface area contributed by atoms with Gasteiger partial charge in [0.05, 0.1) is 24.6 Å². The Labute approximate surface area is 312 Å². The zero-order chi connectivity index (χ0) is 38.6. The van der Waals surface area contributed by atoms with Gasteiger partial charge in [-0.3, -0.25) is 10.6 Å². The minimum absolute atomic E-state index is 0.193. The molecule has 0 radical (unpaired) electrons. The van der Waals surface area contributed by atoms with Crippen molar-refractivity contribution >= 4 is 41.3 Å². The summed E-state index contributed by atoms with van der Waals surface area (Å²) in [5.41, 5.74) is 3.40. The number of carbonyl (C=O) groups excluding carboxylic acids is 3. The minimum atomic E-state index is -0.539. The average molecular weight is 741 g/mol. The van der Waals surface area contributed by atoms with E-state index in [2.05, 4.69) is 36.2 Å². The fourth-order valence-corrected chi connectivity index (χ4v) is 5.88. The summed E-state index contributed by atoms with van der Waals surface area (Å²) in [6.45, 7) is 12.9. The number of pyridine rings is 2. The molecule has 0 spiro atoms. The topological polar surface area (TPSA) is 187 Å². The van der Waals surface area contributed by atoms with Gasteiger partial charge in [-0.2, -0.15) is 0 Å². The minimum Gasteiger partial charge on any atom is -0.450 e. The van der Waals surface area contributed by atoms with Crippen LogP contribution in [0.1, 0.15) is 71.4 Å². The van der Waals surface area contributed by atoms with Crippen LogP contribution in [-0.2, 0) is 36.7 Å². The van der Waals surface area contributed by atoms with E-state index in [4.69, 9.17) is 23.9 Å². The van der Waals surface area contributed by atoms with E-state index in [-0.39, 0.29) is 18.6 Å². The second kappa shape index (κ2) is 22.2. The van der Waals surface area contributed by atoms with Crippen LogP contribution < -0.4 is 16.0 Å².